The quantitative estimate of drug-likeness (QED) is 0.828. The number of imidazole rings is 1. The topological polar surface area (TPSA) is 92.1 Å². The Bertz CT molecular complexity index is 649. The highest BCUT2D eigenvalue weighted by atomic mass is 16.2. The van der Waals surface area contributed by atoms with Gasteiger partial charge in [0.2, 0.25) is 5.91 Å². The van der Waals surface area contributed by atoms with Gasteiger partial charge in [-0.2, -0.15) is 0 Å². The molecular weight excluding hydrogens is 244 g/mol. The Morgan fingerprint density at radius 3 is 3.05 bits per heavy atom. The molecule has 0 saturated carbocycles. The fourth-order valence-corrected chi connectivity index (χ4v) is 2.54. The lowest BCUT2D eigenvalue weighted by atomic mass is 10.1. The largest absolute Gasteiger partial charge is 0.368 e. The molecule has 6 nitrogen and oxygen atoms in total. The molecule has 2 heterocycles. The number of nitrogens with one attached hydrogen (secondary N) is 1. The first-order valence-corrected chi connectivity index (χ1v) is 6.20. The Balaban J connectivity index is 1.92. The van der Waals surface area contributed by atoms with E-state index in [0.29, 0.717) is 18.5 Å². The third kappa shape index (κ3) is 1.95. The van der Waals surface area contributed by atoms with Crippen LogP contribution in [0.4, 0.5) is 0 Å². The molecule has 2 aromatic rings. The number of carbonyl (C=O) groups is 2. The lowest BCUT2D eigenvalue weighted by Crippen LogP contribution is -2.43. The average molecular weight is 258 g/mol. The van der Waals surface area contributed by atoms with E-state index < -0.39 is 11.9 Å². The number of fused-ring (bicyclic) bond motifs is 1. The summed E-state index contributed by atoms with van der Waals surface area (Å²) < 4.78 is 0. The normalized spacial score (nSPS) is 18.9. The van der Waals surface area contributed by atoms with Crippen LogP contribution in [0.1, 0.15) is 23.2 Å². The maximum absolute atomic E-state index is 12.4. The van der Waals surface area contributed by atoms with Gasteiger partial charge in [-0.15, -0.1) is 0 Å². The van der Waals surface area contributed by atoms with Gasteiger partial charge in [-0.25, -0.2) is 4.98 Å². The van der Waals surface area contributed by atoms with Gasteiger partial charge in [0.05, 0.1) is 17.4 Å². The molecule has 3 N–H and O–H groups in total. The fraction of sp³-hybridized carbons (Fsp3) is 0.308. The van der Waals surface area contributed by atoms with Gasteiger partial charge in [-0.1, -0.05) is 0 Å². The van der Waals surface area contributed by atoms with E-state index in [4.69, 9.17) is 5.73 Å². The summed E-state index contributed by atoms with van der Waals surface area (Å²) in [6, 6.07) is 4.78. The molecular formula is C13H14N4O2. The van der Waals surface area contributed by atoms with E-state index in [9.17, 15) is 9.59 Å². The van der Waals surface area contributed by atoms with Crippen LogP contribution in [-0.2, 0) is 4.79 Å². The van der Waals surface area contributed by atoms with Crippen LogP contribution in [0.15, 0.2) is 24.5 Å². The molecule has 3 rings (SSSR count). The van der Waals surface area contributed by atoms with E-state index in [0.717, 1.165) is 17.5 Å². The summed E-state index contributed by atoms with van der Waals surface area (Å²) in [7, 11) is 0. The van der Waals surface area contributed by atoms with E-state index in [1.165, 1.54) is 0 Å². The van der Waals surface area contributed by atoms with Crippen molar-refractivity contribution in [1.82, 2.24) is 14.9 Å². The van der Waals surface area contributed by atoms with Crippen molar-refractivity contribution >= 4 is 22.8 Å². The molecule has 0 bridgehead atoms. The molecule has 0 radical (unpaired) electrons. The monoisotopic (exact) mass is 258 g/mol. The molecule has 1 atom stereocenters. The van der Waals surface area contributed by atoms with Crippen LogP contribution in [0.2, 0.25) is 0 Å². The number of carbonyl (C=O) groups excluding carboxylic acids is 2. The Labute approximate surface area is 109 Å². The number of aromatic nitrogens is 2. The van der Waals surface area contributed by atoms with Gasteiger partial charge < -0.3 is 15.6 Å². The van der Waals surface area contributed by atoms with E-state index in [-0.39, 0.29) is 5.91 Å². The highest BCUT2D eigenvalue weighted by molar-refractivity contribution is 5.99. The number of benzene rings is 1. The van der Waals surface area contributed by atoms with E-state index in [1.54, 1.807) is 29.4 Å². The molecule has 2 amide bonds. The molecule has 1 fully saturated rings. The summed E-state index contributed by atoms with van der Waals surface area (Å²) in [5.41, 5.74) is 7.49. The third-order valence-electron chi connectivity index (χ3n) is 3.51. The van der Waals surface area contributed by atoms with Crippen LogP contribution >= 0.6 is 0 Å². The number of likely N-dealkylation sites (tertiary alicyclic amines) is 1. The van der Waals surface area contributed by atoms with Crippen LogP contribution in [-0.4, -0.2) is 39.3 Å². The van der Waals surface area contributed by atoms with Crippen molar-refractivity contribution in [2.75, 3.05) is 6.54 Å². The SMILES string of the molecule is NC(=O)C1CCCN1C(=O)c1ccc2nc[nH]c2c1. The Morgan fingerprint density at radius 1 is 1.42 bits per heavy atom. The summed E-state index contributed by atoms with van der Waals surface area (Å²) >= 11 is 0. The summed E-state index contributed by atoms with van der Waals surface area (Å²) in [6.45, 7) is 0.577. The lowest BCUT2D eigenvalue weighted by molar-refractivity contribution is -0.121. The summed E-state index contributed by atoms with van der Waals surface area (Å²) in [5.74, 6) is -0.591. The van der Waals surface area contributed by atoms with Gasteiger partial charge in [-0.05, 0) is 31.0 Å². The van der Waals surface area contributed by atoms with Crippen molar-refractivity contribution in [3.05, 3.63) is 30.1 Å². The summed E-state index contributed by atoms with van der Waals surface area (Å²) in [4.78, 5) is 32.4. The van der Waals surface area contributed by atoms with E-state index in [1.807, 2.05) is 0 Å². The number of nitrogens with two attached hydrogens (primary N) is 1. The van der Waals surface area contributed by atoms with Crippen molar-refractivity contribution in [2.24, 2.45) is 5.73 Å². The smallest absolute Gasteiger partial charge is 0.254 e. The van der Waals surface area contributed by atoms with Crippen molar-refractivity contribution in [3.8, 4) is 0 Å². The second kappa shape index (κ2) is 4.38. The molecule has 1 aromatic carbocycles. The number of primary amides is 1. The molecule has 6 heteroatoms. The van der Waals surface area contributed by atoms with Crippen LogP contribution in [0.3, 0.4) is 0 Å². The molecule has 19 heavy (non-hydrogen) atoms. The Kier molecular flexibility index (Phi) is 2.70. The first-order valence-electron chi connectivity index (χ1n) is 6.20. The first kappa shape index (κ1) is 11.7. The van der Waals surface area contributed by atoms with E-state index in [2.05, 4.69) is 9.97 Å². The predicted molar refractivity (Wildman–Crippen MR) is 69.3 cm³/mol. The zero-order chi connectivity index (χ0) is 13.4. The second-order valence-corrected chi connectivity index (χ2v) is 4.69. The van der Waals surface area contributed by atoms with Crippen molar-refractivity contribution in [3.63, 3.8) is 0 Å². The number of hydrogen-bond acceptors (Lipinski definition) is 3. The molecule has 1 aliphatic rings. The molecule has 98 valence electrons. The van der Waals surface area contributed by atoms with Crippen molar-refractivity contribution in [1.29, 1.82) is 0 Å². The minimum Gasteiger partial charge on any atom is -0.368 e. The zero-order valence-electron chi connectivity index (χ0n) is 10.3. The molecule has 0 aliphatic carbocycles. The maximum Gasteiger partial charge on any atom is 0.254 e. The minimum atomic E-state index is -0.482. The molecule has 1 aliphatic heterocycles. The van der Waals surface area contributed by atoms with Crippen LogP contribution in [0.5, 0.6) is 0 Å². The van der Waals surface area contributed by atoms with Gasteiger partial charge >= 0.3 is 0 Å². The molecule has 0 spiro atoms. The number of nitrogens with zero attached hydrogens (tertiary/aromatic N) is 2. The van der Waals surface area contributed by atoms with Crippen LogP contribution in [0, 0.1) is 0 Å². The van der Waals surface area contributed by atoms with Gasteiger partial charge in [0.15, 0.2) is 0 Å². The number of amides is 2. The zero-order valence-corrected chi connectivity index (χ0v) is 10.3. The van der Waals surface area contributed by atoms with Gasteiger partial charge in [0.25, 0.3) is 5.91 Å². The standard InChI is InChI=1S/C13H14N4O2/c14-12(18)11-2-1-5-17(11)13(19)8-3-4-9-10(6-8)16-7-15-9/h3-4,6-7,11H,1-2,5H2,(H2,14,18)(H,15,16). The summed E-state index contributed by atoms with van der Waals surface area (Å²) in [6.07, 6.45) is 3.04. The van der Waals surface area contributed by atoms with Gasteiger partial charge in [0.1, 0.15) is 6.04 Å². The highest BCUT2D eigenvalue weighted by Gasteiger charge is 2.33. The number of aromatic amines is 1. The van der Waals surface area contributed by atoms with Crippen LogP contribution < -0.4 is 5.73 Å². The number of hydrogen-bond donors (Lipinski definition) is 2. The highest BCUT2D eigenvalue weighted by Crippen LogP contribution is 2.21. The fourth-order valence-electron chi connectivity index (χ4n) is 2.54. The van der Waals surface area contributed by atoms with Crippen molar-refractivity contribution in [2.45, 2.75) is 18.9 Å². The number of rotatable bonds is 2. The minimum absolute atomic E-state index is 0.155. The first-order chi connectivity index (χ1) is 9.16. The average Bonchev–Trinajstić information content (AvgIpc) is 3.05. The Hall–Kier alpha value is -2.37. The van der Waals surface area contributed by atoms with Gasteiger partial charge in [-0.3, -0.25) is 9.59 Å². The van der Waals surface area contributed by atoms with Crippen molar-refractivity contribution < 1.29 is 9.59 Å². The van der Waals surface area contributed by atoms with Gasteiger partial charge in [0, 0.05) is 12.1 Å². The molecule has 1 aromatic heterocycles. The lowest BCUT2D eigenvalue weighted by Gasteiger charge is -2.22. The van der Waals surface area contributed by atoms with Crippen LogP contribution in [0.25, 0.3) is 11.0 Å². The molecule has 1 unspecified atom stereocenters. The predicted octanol–water partition coefficient (Wildman–Crippen LogP) is 0.653. The number of H-pyrrole nitrogens is 1. The Morgan fingerprint density at radius 2 is 2.26 bits per heavy atom. The second-order valence-electron chi connectivity index (χ2n) is 4.69. The van der Waals surface area contributed by atoms with E-state index >= 15 is 0 Å². The summed E-state index contributed by atoms with van der Waals surface area (Å²) in [5, 5.41) is 0. The molecule has 1 saturated heterocycles. The maximum atomic E-state index is 12.4. The third-order valence-corrected chi connectivity index (χ3v) is 3.51.